The number of aliphatic imine (C=N–C) groups is 1. The zero-order valence-corrected chi connectivity index (χ0v) is 18.4. The third-order valence-corrected chi connectivity index (χ3v) is 9.05. The van der Waals surface area contributed by atoms with Gasteiger partial charge in [-0.05, 0) is 45.4 Å². The summed E-state index contributed by atoms with van der Waals surface area (Å²) in [7, 11) is -3.91. The monoisotopic (exact) mass is 469 g/mol. The molecule has 2 aromatic rings. The first kappa shape index (κ1) is 22.5. The molecule has 2 N–H and O–H groups in total. The first-order chi connectivity index (χ1) is 14.9. The van der Waals surface area contributed by atoms with Crippen LogP contribution in [0.2, 0.25) is 0 Å². The summed E-state index contributed by atoms with van der Waals surface area (Å²) in [4.78, 5) is 8.03. The predicted molar refractivity (Wildman–Crippen MR) is 111 cm³/mol. The van der Waals surface area contributed by atoms with E-state index in [-0.39, 0.29) is 30.2 Å². The van der Waals surface area contributed by atoms with Crippen molar-refractivity contribution < 1.29 is 31.1 Å². The van der Waals surface area contributed by atoms with Gasteiger partial charge in [0.15, 0.2) is 15.7 Å². The molecule has 3 heterocycles. The molecular formula is C21H22F3N3O4S. The summed E-state index contributed by atoms with van der Waals surface area (Å²) >= 11 is 0. The van der Waals surface area contributed by atoms with Crippen LogP contribution in [0.1, 0.15) is 32.8 Å². The van der Waals surface area contributed by atoms with E-state index < -0.39 is 54.8 Å². The molecule has 0 bridgehead atoms. The van der Waals surface area contributed by atoms with Gasteiger partial charge in [0.25, 0.3) is 5.88 Å². The SMILES string of the molecule is C[C@H]1C[C@@H]2[C@](c3cc(Oc4ncc(F)cc4F)ccc3F)(CO1)N=C(N)C(C)(C)S2(=O)=O. The van der Waals surface area contributed by atoms with E-state index in [0.29, 0.717) is 6.07 Å². The summed E-state index contributed by atoms with van der Waals surface area (Å²) in [6, 6.07) is 4.08. The molecular weight excluding hydrogens is 447 g/mol. The number of halogens is 3. The topological polar surface area (TPSA) is 104 Å². The summed E-state index contributed by atoms with van der Waals surface area (Å²) in [5.74, 6) is -3.41. The molecule has 1 saturated heterocycles. The number of fused-ring (bicyclic) bond motifs is 1. The Hall–Kier alpha value is -2.66. The second-order valence-corrected chi connectivity index (χ2v) is 11.2. The number of ether oxygens (including phenoxy) is 2. The van der Waals surface area contributed by atoms with E-state index >= 15 is 4.39 Å². The lowest BCUT2D eigenvalue weighted by molar-refractivity contribution is -0.0181. The van der Waals surface area contributed by atoms with Gasteiger partial charge in [-0.25, -0.2) is 26.6 Å². The van der Waals surface area contributed by atoms with Gasteiger partial charge in [0.05, 0.1) is 24.2 Å². The van der Waals surface area contributed by atoms with E-state index in [0.717, 1.165) is 12.3 Å². The fraction of sp³-hybridized carbons (Fsp3) is 0.429. The number of nitrogens with zero attached hydrogens (tertiary/aromatic N) is 2. The molecule has 1 aromatic carbocycles. The summed E-state index contributed by atoms with van der Waals surface area (Å²) in [6.45, 7) is 4.43. The lowest BCUT2D eigenvalue weighted by Crippen LogP contribution is -2.64. The number of nitrogens with two attached hydrogens (primary N) is 1. The van der Waals surface area contributed by atoms with Gasteiger partial charge < -0.3 is 15.2 Å². The number of benzene rings is 1. The van der Waals surface area contributed by atoms with Crippen LogP contribution in [0.4, 0.5) is 13.2 Å². The summed E-state index contributed by atoms with van der Waals surface area (Å²) in [5, 5.41) is -1.11. The molecule has 7 nitrogen and oxygen atoms in total. The Kier molecular flexibility index (Phi) is 5.24. The smallest absolute Gasteiger partial charge is 0.256 e. The lowest BCUT2D eigenvalue weighted by Gasteiger charge is -2.49. The number of aromatic nitrogens is 1. The highest BCUT2D eigenvalue weighted by atomic mass is 32.2. The fourth-order valence-electron chi connectivity index (χ4n) is 4.07. The van der Waals surface area contributed by atoms with Crippen molar-refractivity contribution in [1.29, 1.82) is 0 Å². The Bertz CT molecular complexity index is 1220. The quantitative estimate of drug-likeness (QED) is 0.740. The molecule has 2 aliphatic rings. The molecule has 3 atom stereocenters. The van der Waals surface area contributed by atoms with Gasteiger partial charge in [0, 0.05) is 11.6 Å². The first-order valence-electron chi connectivity index (χ1n) is 9.88. The molecule has 2 aliphatic heterocycles. The van der Waals surface area contributed by atoms with Gasteiger partial charge in [0.1, 0.15) is 33.5 Å². The minimum atomic E-state index is -3.91. The third-order valence-electron chi connectivity index (χ3n) is 6.08. The lowest BCUT2D eigenvalue weighted by atomic mass is 9.82. The minimum absolute atomic E-state index is 0.0397. The summed E-state index contributed by atoms with van der Waals surface area (Å²) in [6.07, 6.45) is 0.462. The van der Waals surface area contributed by atoms with Crippen LogP contribution in [0, 0.1) is 17.5 Å². The van der Waals surface area contributed by atoms with E-state index in [1.165, 1.54) is 26.0 Å². The van der Waals surface area contributed by atoms with Crippen molar-refractivity contribution in [1.82, 2.24) is 4.98 Å². The standard InChI is InChI=1S/C21H22F3N3O4S/c1-11-6-17-21(10-30-11,27-19(25)20(2,3)32(17,28)29)14-8-13(4-5-15(14)23)31-18-16(24)7-12(22)9-26-18/h4-5,7-9,11,17H,6,10H2,1-3H3,(H2,25,27)/t11-,17+,21+/m0/s1. The summed E-state index contributed by atoms with van der Waals surface area (Å²) < 4.78 is 78.9. The highest BCUT2D eigenvalue weighted by Gasteiger charge is 2.61. The van der Waals surface area contributed by atoms with Crippen molar-refractivity contribution in [3.63, 3.8) is 0 Å². The number of hydrogen-bond donors (Lipinski definition) is 1. The number of hydrogen-bond acceptors (Lipinski definition) is 7. The molecule has 1 fully saturated rings. The Morgan fingerprint density at radius 3 is 2.59 bits per heavy atom. The van der Waals surface area contributed by atoms with Gasteiger partial charge in [-0.1, -0.05) is 0 Å². The van der Waals surface area contributed by atoms with Crippen molar-refractivity contribution in [3.8, 4) is 11.6 Å². The number of sulfone groups is 1. The van der Waals surface area contributed by atoms with E-state index in [4.69, 9.17) is 15.2 Å². The average molecular weight is 469 g/mol. The van der Waals surface area contributed by atoms with Gasteiger partial charge in [0.2, 0.25) is 0 Å². The number of rotatable bonds is 3. The van der Waals surface area contributed by atoms with Crippen molar-refractivity contribution in [2.24, 2.45) is 10.7 Å². The van der Waals surface area contributed by atoms with Gasteiger partial charge in [-0.2, -0.15) is 0 Å². The second kappa shape index (κ2) is 7.45. The molecule has 11 heteroatoms. The van der Waals surface area contributed by atoms with Crippen LogP contribution >= 0.6 is 0 Å². The molecule has 32 heavy (non-hydrogen) atoms. The Balaban J connectivity index is 1.87. The maximum atomic E-state index is 15.1. The predicted octanol–water partition coefficient (Wildman–Crippen LogP) is 3.23. The Morgan fingerprint density at radius 2 is 1.91 bits per heavy atom. The van der Waals surface area contributed by atoms with Crippen molar-refractivity contribution >= 4 is 15.7 Å². The molecule has 1 aromatic heterocycles. The molecule has 0 saturated carbocycles. The molecule has 0 radical (unpaired) electrons. The van der Waals surface area contributed by atoms with Gasteiger partial charge in [-0.3, -0.25) is 4.99 Å². The van der Waals surface area contributed by atoms with Crippen molar-refractivity contribution in [3.05, 3.63) is 53.5 Å². The molecule has 0 aliphatic carbocycles. The van der Waals surface area contributed by atoms with Crippen molar-refractivity contribution in [2.75, 3.05) is 6.61 Å². The van der Waals surface area contributed by atoms with E-state index in [9.17, 15) is 17.2 Å². The minimum Gasteiger partial charge on any atom is -0.436 e. The molecule has 0 unspecified atom stereocenters. The number of amidine groups is 1. The Morgan fingerprint density at radius 1 is 1.19 bits per heavy atom. The average Bonchev–Trinajstić information content (AvgIpc) is 2.71. The van der Waals surface area contributed by atoms with Crippen LogP contribution in [0.3, 0.4) is 0 Å². The first-order valence-corrected chi connectivity index (χ1v) is 11.4. The largest absolute Gasteiger partial charge is 0.436 e. The Labute approximate surface area is 183 Å². The van der Waals surface area contributed by atoms with Crippen LogP contribution in [-0.2, 0) is 20.1 Å². The fourth-order valence-corrected chi connectivity index (χ4v) is 6.40. The molecule has 0 amide bonds. The van der Waals surface area contributed by atoms with E-state index in [1.54, 1.807) is 6.92 Å². The van der Waals surface area contributed by atoms with Crippen LogP contribution in [-0.4, -0.2) is 41.9 Å². The highest BCUT2D eigenvalue weighted by molar-refractivity contribution is 7.94. The normalized spacial score (nSPS) is 28.5. The van der Waals surface area contributed by atoms with Crippen LogP contribution in [0.15, 0.2) is 35.5 Å². The molecule has 4 rings (SSSR count). The second-order valence-electron chi connectivity index (χ2n) is 8.51. The third kappa shape index (κ3) is 3.34. The highest BCUT2D eigenvalue weighted by Crippen LogP contribution is 2.48. The van der Waals surface area contributed by atoms with E-state index in [1.807, 2.05) is 0 Å². The van der Waals surface area contributed by atoms with Gasteiger partial charge >= 0.3 is 0 Å². The van der Waals surface area contributed by atoms with Crippen LogP contribution < -0.4 is 10.5 Å². The zero-order valence-electron chi connectivity index (χ0n) is 17.6. The van der Waals surface area contributed by atoms with Crippen LogP contribution in [0.25, 0.3) is 0 Å². The molecule has 172 valence electrons. The number of pyridine rings is 1. The van der Waals surface area contributed by atoms with Crippen LogP contribution in [0.5, 0.6) is 11.6 Å². The maximum absolute atomic E-state index is 15.1. The van der Waals surface area contributed by atoms with Crippen molar-refractivity contribution in [2.45, 2.75) is 48.8 Å². The zero-order chi connectivity index (χ0) is 23.5. The maximum Gasteiger partial charge on any atom is 0.256 e. The molecule has 0 spiro atoms. The van der Waals surface area contributed by atoms with Gasteiger partial charge in [-0.15, -0.1) is 0 Å². The summed E-state index contributed by atoms with van der Waals surface area (Å²) in [5.41, 5.74) is 4.30. The van der Waals surface area contributed by atoms with E-state index in [2.05, 4.69) is 9.98 Å².